The van der Waals surface area contributed by atoms with Crippen LogP contribution in [-0.2, 0) is 11.3 Å². The molecule has 2 aromatic carbocycles. The van der Waals surface area contributed by atoms with Gasteiger partial charge in [-0.15, -0.1) is 0 Å². The molecular weight excluding hydrogens is 354 g/mol. The number of rotatable bonds is 5. The normalized spacial score (nSPS) is 11.1. The van der Waals surface area contributed by atoms with Gasteiger partial charge in [0.15, 0.2) is 5.65 Å². The Bertz CT molecular complexity index is 1190. The van der Waals surface area contributed by atoms with Gasteiger partial charge in [0.05, 0.1) is 18.4 Å². The van der Waals surface area contributed by atoms with Crippen molar-refractivity contribution in [1.29, 1.82) is 0 Å². The molecule has 0 aliphatic heterocycles. The Balaban J connectivity index is 1.54. The van der Waals surface area contributed by atoms with Crippen LogP contribution in [0.5, 0.6) is 0 Å². The number of hydrogen-bond donors (Lipinski definition) is 2. The predicted octanol–water partition coefficient (Wildman–Crippen LogP) is 2.44. The van der Waals surface area contributed by atoms with Crippen LogP contribution in [-0.4, -0.2) is 25.7 Å². The molecule has 4 aromatic rings. The number of hydrogen-bond acceptors (Lipinski definition) is 4. The average molecular weight is 371 g/mol. The molecule has 28 heavy (non-hydrogen) atoms. The summed E-state index contributed by atoms with van der Waals surface area (Å²) in [6.45, 7) is 0.100. The molecule has 2 N–H and O–H groups in total. The molecule has 4 rings (SSSR count). The van der Waals surface area contributed by atoms with E-state index in [1.54, 1.807) is 10.8 Å². The van der Waals surface area contributed by atoms with Crippen molar-refractivity contribution in [3.8, 4) is 5.69 Å². The molecule has 1 amide bonds. The van der Waals surface area contributed by atoms with E-state index in [2.05, 4.69) is 20.4 Å². The lowest BCUT2D eigenvalue weighted by atomic mass is 10.2. The first kappa shape index (κ1) is 17.4. The highest BCUT2D eigenvalue weighted by molar-refractivity contribution is 5.91. The first-order valence-corrected chi connectivity index (χ1v) is 8.74. The quantitative estimate of drug-likeness (QED) is 0.527. The fraction of sp³-hybridized carbons (Fsp3) is 0.0476. The minimum Gasteiger partial charge on any atom is -0.345 e. The SMILES string of the molecule is O=C(C=Cc1ccccc1)NCc1nc2c(cnn2-c2ccccc2)c(=O)[nH]1. The smallest absolute Gasteiger partial charge is 0.262 e. The van der Waals surface area contributed by atoms with Crippen molar-refractivity contribution in [3.63, 3.8) is 0 Å². The van der Waals surface area contributed by atoms with Crippen molar-refractivity contribution in [1.82, 2.24) is 25.1 Å². The number of carbonyl (C=O) groups excluding carboxylic acids is 1. The molecule has 0 saturated carbocycles. The molecule has 0 spiro atoms. The van der Waals surface area contributed by atoms with Crippen molar-refractivity contribution >= 4 is 23.0 Å². The second-order valence-corrected chi connectivity index (χ2v) is 6.10. The Morgan fingerprint density at radius 3 is 2.54 bits per heavy atom. The van der Waals surface area contributed by atoms with Gasteiger partial charge in [-0.3, -0.25) is 9.59 Å². The summed E-state index contributed by atoms with van der Waals surface area (Å²) in [6.07, 6.45) is 4.65. The largest absolute Gasteiger partial charge is 0.345 e. The lowest BCUT2D eigenvalue weighted by molar-refractivity contribution is -0.116. The maximum Gasteiger partial charge on any atom is 0.262 e. The monoisotopic (exact) mass is 371 g/mol. The fourth-order valence-electron chi connectivity index (χ4n) is 2.77. The minimum atomic E-state index is -0.295. The first-order chi connectivity index (χ1) is 13.7. The number of fused-ring (bicyclic) bond motifs is 1. The van der Waals surface area contributed by atoms with Crippen molar-refractivity contribution < 1.29 is 4.79 Å². The van der Waals surface area contributed by atoms with Crippen molar-refractivity contribution in [2.75, 3.05) is 0 Å². The number of amides is 1. The number of aromatic amines is 1. The number of benzene rings is 2. The summed E-state index contributed by atoms with van der Waals surface area (Å²) in [5, 5.41) is 7.38. The summed E-state index contributed by atoms with van der Waals surface area (Å²) >= 11 is 0. The molecule has 2 aromatic heterocycles. The van der Waals surface area contributed by atoms with Crippen molar-refractivity contribution in [2.45, 2.75) is 6.54 Å². The molecule has 138 valence electrons. The second-order valence-electron chi connectivity index (χ2n) is 6.10. The van der Waals surface area contributed by atoms with Crippen LogP contribution in [0, 0.1) is 0 Å². The van der Waals surface area contributed by atoms with Gasteiger partial charge in [-0.1, -0.05) is 48.5 Å². The molecule has 7 nitrogen and oxygen atoms in total. The van der Waals surface area contributed by atoms with E-state index >= 15 is 0 Å². The van der Waals surface area contributed by atoms with Crippen LogP contribution in [0.4, 0.5) is 0 Å². The highest BCUT2D eigenvalue weighted by atomic mass is 16.1. The predicted molar refractivity (Wildman–Crippen MR) is 107 cm³/mol. The zero-order chi connectivity index (χ0) is 19.3. The van der Waals surface area contributed by atoms with Gasteiger partial charge >= 0.3 is 0 Å². The molecule has 0 radical (unpaired) electrons. The molecule has 0 fully saturated rings. The average Bonchev–Trinajstić information content (AvgIpc) is 3.17. The van der Waals surface area contributed by atoms with Gasteiger partial charge < -0.3 is 10.3 Å². The van der Waals surface area contributed by atoms with Crippen LogP contribution >= 0.6 is 0 Å². The van der Waals surface area contributed by atoms with Crippen LogP contribution < -0.4 is 10.9 Å². The fourth-order valence-corrected chi connectivity index (χ4v) is 2.77. The summed E-state index contributed by atoms with van der Waals surface area (Å²) in [5.41, 5.74) is 1.88. The van der Waals surface area contributed by atoms with Gasteiger partial charge in [0.2, 0.25) is 5.91 Å². The van der Waals surface area contributed by atoms with E-state index < -0.39 is 0 Å². The number of H-pyrrole nitrogens is 1. The molecule has 0 aliphatic carbocycles. The van der Waals surface area contributed by atoms with E-state index in [4.69, 9.17) is 0 Å². The maximum absolute atomic E-state index is 12.3. The Kier molecular flexibility index (Phi) is 4.79. The molecule has 2 heterocycles. The molecular formula is C21H17N5O2. The molecule has 0 atom stereocenters. The summed E-state index contributed by atoms with van der Waals surface area (Å²) in [7, 11) is 0. The molecule has 0 saturated heterocycles. The zero-order valence-corrected chi connectivity index (χ0v) is 14.9. The first-order valence-electron chi connectivity index (χ1n) is 8.74. The Hall–Kier alpha value is -4.00. The van der Waals surface area contributed by atoms with Crippen molar-refractivity contribution in [3.05, 3.63) is 94.7 Å². The third kappa shape index (κ3) is 3.73. The van der Waals surface area contributed by atoms with Crippen LogP contribution in [0.2, 0.25) is 0 Å². The van der Waals surface area contributed by atoms with Crippen LogP contribution in [0.3, 0.4) is 0 Å². The highest BCUT2D eigenvalue weighted by Gasteiger charge is 2.11. The van der Waals surface area contributed by atoms with Gasteiger partial charge in [0.1, 0.15) is 11.2 Å². The Morgan fingerprint density at radius 1 is 1.07 bits per heavy atom. The standard InChI is InChI=1S/C21H17N5O2/c27-19(12-11-15-7-3-1-4-8-15)22-14-18-24-20-17(21(28)25-18)13-23-26(20)16-9-5-2-6-10-16/h1-13H,14H2,(H,22,27)(H,24,25,28). The van der Waals surface area contributed by atoms with Gasteiger partial charge in [-0.05, 0) is 23.8 Å². The summed E-state index contributed by atoms with van der Waals surface area (Å²) in [5.74, 6) is 0.0832. The summed E-state index contributed by atoms with van der Waals surface area (Å²) in [6, 6.07) is 19.0. The third-order valence-electron chi connectivity index (χ3n) is 4.14. The van der Waals surface area contributed by atoms with Crippen molar-refractivity contribution in [2.24, 2.45) is 0 Å². The number of para-hydroxylation sites is 1. The maximum atomic E-state index is 12.3. The van der Waals surface area contributed by atoms with Gasteiger partial charge in [-0.25, -0.2) is 9.67 Å². The molecule has 0 unspecified atom stereocenters. The van der Waals surface area contributed by atoms with Crippen LogP contribution in [0.15, 0.2) is 77.7 Å². The van der Waals surface area contributed by atoms with E-state index in [0.29, 0.717) is 16.9 Å². The van der Waals surface area contributed by atoms with Gasteiger partial charge in [-0.2, -0.15) is 5.10 Å². The zero-order valence-electron chi connectivity index (χ0n) is 14.9. The van der Waals surface area contributed by atoms with E-state index in [1.165, 1.54) is 12.3 Å². The van der Waals surface area contributed by atoms with E-state index in [1.807, 2.05) is 60.7 Å². The molecule has 0 bridgehead atoms. The molecule has 0 aliphatic rings. The van der Waals surface area contributed by atoms with Gasteiger partial charge in [0.25, 0.3) is 5.56 Å². The van der Waals surface area contributed by atoms with E-state index in [9.17, 15) is 9.59 Å². The summed E-state index contributed by atoms with van der Waals surface area (Å²) < 4.78 is 1.60. The number of aromatic nitrogens is 4. The van der Waals surface area contributed by atoms with Crippen LogP contribution in [0.1, 0.15) is 11.4 Å². The topological polar surface area (TPSA) is 92.7 Å². The molecule has 7 heteroatoms. The second kappa shape index (κ2) is 7.71. The number of nitrogens with one attached hydrogen (secondary N) is 2. The van der Waals surface area contributed by atoms with E-state index in [-0.39, 0.29) is 18.0 Å². The lowest BCUT2D eigenvalue weighted by Gasteiger charge is -2.05. The number of nitrogens with zero attached hydrogens (tertiary/aromatic N) is 3. The Morgan fingerprint density at radius 2 is 1.79 bits per heavy atom. The van der Waals surface area contributed by atoms with E-state index in [0.717, 1.165) is 11.3 Å². The number of carbonyl (C=O) groups is 1. The third-order valence-corrected chi connectivity index (χ3v) is 4.14. The lowest BCUT2D eigenvalue weighted by Crippen LogP contribution is -2.24. The highest BCUT2D eigenvalue weighted by Crippen LogP contribution is 2.13. The minimum absolute atomic E-state index is 0.100. The Labute approximate surface area is 160 Å². The summed E-state index contributed by atoms with van der Waals surface area (Å²) in [4.78, 5) is 31.5. The van der Waals surface area contributed by atoms with Crippen LogP contribution in [0.25, 0.3) is 22.8 Å². The van der Waals surface area contributed by atoms with Gasteiger partial charge in [0, 0.05) is 6.08 Å².